The van der Waals surface area contributed by atoms with Crippen LogP contribution in [0.3, 0.4) is 0 Å². The number of urea groups is 1. The first-order valence-corrected chi connectivity index (χ1v) is 7.79. The first-order chi connectivity index (χ1) is 11.8. The van der Waals surface area contributed by atoms with Gasteiger partial charge in [0.05, 0.1) is 5.69 Å². The van der Waals surface area contributed by atoms with Gasteiger partial charge in [0.1, 0.15) is 5.65 Å². The van der Waals surface area contributed by atoms with Crippen LogP contribution in [-0.2, 0) is 14.3 Å². The quantitative estimate of drug-likeness (QED) is 0.619. The van der Waals surface area contributed by atoms with Gasteiger partial charge in [0.2, 0.25) is 0 Å². The smallest absolute Gasteiger partial charge is 0.331 e. The topological polar surface area (TPSA) is 116 Å². The minimum atomic E-state index is -1.15. The van der Waals surface area contributed by atoms with Gasteiger partial charge in [0.15, 0.2) is 11.3 Å². The van der Waals surface area contributed by atoms with E-state index < -0.39 is 24.0 Å². The number of imidazole rings is 1. The number of ether oxygens (including phenoxy) is 1. The number of hydrogen-bond donors (Lipinski definition) is 2. The number of imide groups is 1. The summed E-state index contributed by atoms with van der Waals surface area (Å²) in [6.45, 7) is 3.34. The molecule has 0 radical (unpaired) electrons. The van der Waals surface area contributed by atoms with Gasteiger partial charge in [-0.3, -0.25) is 14.5 Å². The van der Waals surface area contributed by atoms with Crippen molar-refractivity contribution in [2.45, 2.75) is 20.0 Å². The molecule has 3 amide bonds. The number of pyridine rings is 1. The fourth-order valence-electron chi connectivity index (χ4n) is 2.13. The van der Waals surface area contributed by atoms with Crippen molar-refractivity contribution < 1.29 is 19.1 Å². The Kier molecular flexibility index (Phi) is 5.76. The van der Waals surface area contributed by atoms with E-state index in [-0.39, 0.29) is 11.1 Å². The second kappa shape index (κ2) is 7.80. The zero-order valence-corrected chi connectivity index (χ0v) is 14.4. The van der Waals surface area contributed by atoms with E-state index in [9.17, 15) is 14.4 Å². The predicted octanol–water partition coefficient (Wildman–Crippen LogP) is 1.76. The molecule has 3 N–H and O–H groups in total. The van der Waals surface area contributed by atoms with Crippen LogP contribution in [0.1, 0.15) is 19.5 Å². The van der Waals surface area contributed by atoms with Gasteiger partial charge in [-0.25, -0.2) is 14.6 Å². The molecule has 0 aromatic carbocycles. The number of rotatable bonds is 5. The molecule has 0 saturated heterocycles. The van der Waals surface area contributed by atoms with Crippen molar-refractivity contribution in [2.75, 3.05) is 0 Å². The van der Waals surface area contributed by atoms with Gasteiger partial charge in [-0.1, -0.05) is 31.5 Å². The van der Waals surface area contributed by atoms with Crippen LogP contribution in [0.5, 0.6) is 0 Å². The molecule has 0 aliphatic carbocycles. The highest BCUT2D eigenvalue weighted by Crippen LogP contribution is 2.19. The van der Waals surface area contributed by atoms with Crippen molar-refractivity contribution in [3.05, 3.63) is 41.3 Å². The maximum absolute atomic E-state index is 12.0. The number of nitrogens with zero attached hydrogens (tertiary/aromatic N) is 2. The fourth-order valence-corrected chi connectivity index (χ4v) is 2.37. The summed E-state index contributed by atoms with van der Waals surface area (Å²) < 4.78 is 6.81. The number of nitrogens with one attached hydrogen (secondary N) is 1. The van der Waals surface area contributed by atoms with Crippen LogP contribution in [0.15, 0.2) is 30.5 Å². The monoisotopic (exact) mass is 364 g/mol. The normalized spacial score (nSPS) is 12.5. The molecular weight excluding hydrogens is 348 g/mol. The number of primary amides is 1. The number of halogens is 1. The summed E-state index contributed by atoms with van der Waals surface area (Å²) in [6.07, 6.45) is 3.17. The highest BCUT2D eigenvalue weighted by atomic mass is 35.5. The van der Waals surface area contributed by atoms with E-state index in [0.717, 1.165) is 6.08 Å². The van der Waals surface area contributed by atoms with E-state index >= 15 is 0 Å². The van der Waals surface area contributed by atoms with Gasteiger partial charge >= 0.3 is 12.0 Å². The molecule has 2 aromatic heterocycles. The van der Waals surface area contributed by atoms with Gasteiger partial charge in [0.25, 0.3) is 5.91 Å². The van der Waals surface area contributed by atoms with Crippen molar-refractivity contribution >= 4 is 41.2 Å². The second-order valence-electron chi connectivity index (χ2n) is 5.51. The SMILES string of the molecule is CC(C)[C@H](OC(=O)/C=C/c1c(Cl)nc2ccccn12)C(=O)NC(N)=O. The number of fused-ring (bicyclic) bond motifs is 1. The Labute approximate surface area is 148 Å². The number of nitrogens with two attached hydrogens (primary N) is 1. The molecule has 132 valence electrons. The van der Waals surface area contributed by atoms with E-state index in [2.05, 4.69) is 4.98 Å². The Morgan fingerprint density at radius 3 is 2.72 bits per heavy atom. The van der Waals surface area contributed by atoms with Gasteiger partial charge in [-0.05, 0) is 24.1 Å². The van der Waals surface area contributed by atoms with Crippen LogP contribution >= 0.6 is 11.6 Å². The number of aromatic nitrogens is 2. The van der Waals surface area contributed by atoms with E-state index in [0.29, 0.717) is 11.3 Å². The predicted molar refractivity (Wildman–Crippen MR) is 91.7 cm³/mol. The number of esters is 1. The number of carbonyl (C=O) groups is 3. The number of carbonyl (C=O) groups excluding carboxylic acids is 3. The Morgan fingerprint density at radius 1 is 1.36 bits per heavy atom. The van der Waals surface area contributed by atoms with E-state index in [4.69, 9.17) is 22.1 Å². The maximum Gasteiger partial charge on any atom is 0.331 e. The molecule has 0 aliphatic heterocycles. The molecule has 1 atom stereocenters. The van der Waals surface area contributed by atoms with Crippen LogP contribution in [0.2, 0.25) is 5.15 Å². The summed E-state index contributed by atoms with van der Waals surface area (Å²) in [4.78, 5) is 38.8. The molecule has 0 bridgehead atoms. The summed E-state index contributed by atoms with van der Waals surface area (Å²) >= 11 is 6.06. The molecule has 2 rings (SSSR count). The first-order valence-electron chi connectivity index (χ1n) is 7.41. The van der Waals surface area contributed by atoms with Crippen LogP contribution in [0.4, 0.5) is 4.79 Å². The molecule has 0 spiro atoms. The second-order valence-corrected chi connectivity index (χ2v) is 5.86. The van der Waals surface area contributed by atoms with E-state index in [1.54, 1.807) is 36.6 Å². The van der Waals surface area contributed by atoms with Gasteiger partial charge in [0, 0.05) is 12.3 Å². The number of amides is 3. The van der Waals surface area contributed by atoms with Crippen molar-refractivity contribution in [1.82, 2.24) is 14.7 Å². The Morgan fingerprint density at radius 2 is 2.08 bits per heavy atom. The zero-order valence-electron chi connectivity index (χ0n) is 13.6. The molecular formula is C16H17ClN4O4. The standard InChI is InChI=1S/C16H17ClN4O4/c1-9(2)13(15(23)20-16(18)24)25-12(22)7-6-10-14(17)19-11-5-3-4-8-21(10)11/h3-9,13H,1-2H3,(H3,18,20,23,24)/b7-6+/t13-/m0/s1. The molecule has 0 fully saturated rings. The van der Waals surface area contributed by atoms with Crippen molar-refractivity contribution in [3.8, 4) is 0 Å². The largest absolute Gasteiger partial charge is 0.449 e. The Balaban J connectivity index is 2.14. The molecule has 0 saturated carbocycles. The average molecular weight is 365 g/mol. The summed E-state index contributed by atoms with van der Waals surface area (Å²) in [5.74, 6) is -1.89. The van der Waals surface area contributed by atoms with Crippen molar-refractivity contribution in [3.63, 3.8) is 0 Å². The molecule has 0 unspecified atom stereocenters. The molecule has 2 aromatic rings. The molecule has 8 nitrogen and oxygen atoms in total. The van der Waals surface area contributed by atoms with Gasteiger partial charge in [-0.2, -0.15) is 0 Å². The lowest BCUT2D eigenvalue weighted by molar-refractivity contribution is -0.153. The molecule has 25 heavy (non-hydrogen) atoms. The highest BCUT2D eigenvalue weighted by molar-refractivity contribution is 6.31. The van der Waals surface area contributed by atoms with E-state index in [1.165, 1.54) is 6.08 Å². The van der Waals surface area contributed by atoms with Crippen LogP contribution in [0, 0.1) is 5.92 Å². The average Bonchev–Trinajstić information content (AvgIpc) is 2.84. The van der Waals surface area contributed by atoms with Crippen LogP contribution in [0.25, 0.3) is 11.7 Å². The third kappa shape index (κ3) is 4.57. The molecule has 2 heterocycles. The lowest BCUT2D eigenvalue weighted by atomic mass is 10.1. The van der Waals surface area contributed by atoms with Crippen LogP contribution < -0.4 is 11.1 Å². The summed E-state index contributed by atoms with van der Waals surface area (Å²) in [5, 5.41) is 2.12. The first kappa shape index (κ1) is 18.5. The summed E-state index contributed by atoms with van der Waals surface area (Å²) in [5.41, 5.74) is 6.03. The molecule has 0 aliphatic rings. The maximum atomic E-state index is 12.0. The molecule has 9 heteroatoms. The highest BCUT2D eigenvalue weighted by Gasteiger charge is 2.26. The lowest BCUT2D eigenvalue weighted by Gasteiger charge is -2.18. The Hall–Kier alpha value is -2.87. The summed E-state index contributed by atoms with van der Waals surface area (Å²) in [6, 6.07) is 4.36. The van der Waals surface area contributed by atoms with Crippen molar-refractivity contribution in [2.24, 2.45) is 11.7 Å². The lowest BCUT2D eigenvalue weighted by Crippen LogP contribution is -2.45. The van der Waals surface area contributed by atoms with Gasteiger partial charge < -0.3 is 10.5 Å². The Bertz CT molecular complexity index is 844. The van der Waals surface area contributed by atoms with E-state index in [1.807, 2.05) is 11.4 Å². The zero-order chi connectivity index (χ0) is 18.6. The minimum absolute atomic E-state index is 0.224. The third-order valence-corrected chi connectivity index (χ3v) is 3.53. The number of hydrogen-bond acceptors (Lipinski definition) is 5. The van der Waals surface area contributed by atoms with Gasteiger partial charge in [-0.15, -0.1) is 0 Å². The fraction of sp³-hybridized carbons (Fsp3) is 0.250. The van der Waals surface area contributed by atoms with Crippen LogP contribution in [-0.4, -0.2) is 33.4 Å². The summed E-state index contributed by atoms with van der Waals surface area (Å²) in [7, 11) is 0. The third-order valence-electron chi connectivity index (χ3n) is 3.25. The minimum Gasteiger partial charge on any atom is -0.449 e. The van der Waals surface area contributed by atoms with Crippen molar-refractivity contribution in [1.29, 1.82) is 0 Å².